The van der Waals surface area contributed by atoms with Crippen molar-refractivity contribution in [2.24, 2.45) is 0 Å². The lowest BCUT2D eigenvalue weighted by Gasteiger charge is -2.31. The Hall–Kier alpha value is -3.93. The zero-order valence-electron chi connectivity index (χ0n) is 20.5. The van der Waals surface area contributed by atoms with Gasteiger partial charge in [-0.05, 0) is 43.2 Å². The molecule has 3 aromatic carbocycles. The van der Waals surface area contributed by atoms with E-state index in [1.165, 1.54) is 0 Å². The molecule has 4 aromatic rings. The van der Waals surface area contributed by atoms with Crippen LogP contribution in [0.4, 0.5) is 5.82 Å². The molecule has 0 aliphatic carbocycles. The average molecular weight is 470 g/mol. The van der Waals surface area contributed by atoms with Crippen LogP contribution < -0.4 is 19.1 Å². The second kappa shape index (κ2) is 10.1. The number of para-hydroxylation sites is 1. The molecule has 0 radical (unpaired) electrons. The van der Waals surface area contributed by atoms with Crippen molar-refractivity contribution in [1.29, 1.82) is 0 Å². The average Bonchev–Trinajstić information content (AvgIpc) is 3.24. The normalized spacial score (nSPS) is 12.8. The second-order valence-corrected chi connectivity index (χ2v) is 8.73. The number of hydrogen-bond donors (Lipinski definition) is 0. The number of rotatable bonds is 8. The SMILES string of the molecule is COc1ccc(OC)c(CN2CCCn3nc(C)c(-c4ccccc4OCc4ccccc4)c32)c1. The van der Waals surface area contributed by atoms with Crippen molar-refractivity contribution < 1.29 is 14.2 Å². The number of ether oxygens (including phenoxy) is 3. The number of nitrogens with zero attached hydrogens (tertiary/aromatic N) is 3. The van der Waals surface area contributed by atoms with Gasteiger partial charge < -0.3 is 19.1 Å². The van der Waals surface area contributed by atoms with E-state index in [-0.39, 0.29) is 0 Å². The first kappa shape index (κ1) is 22.8. The molecule has 0 N–H and O–H groups in total. The van der Waals surface area contributed by atoms with Gasteiger partial charge in [-0.1, -0.05) is 48.5 Å². The van der Waals surface area contributed by atoms with Crippen molar-refractivity contribution in [2.75, 3.05) is 25.7 Å². The Morgan fingerprint density at radius 3 is 2.46 bits per heavy atom. The molecule has 0 saturated carbocycles. The fourth-order valence-corrected chi connectivity index (χ4v) is 4.78. The number of benzene rings is 3. The summed E-state index contributed by atoms with van der Waals surface area (Å²) in [5, 5.41) is 4.92. The van der Waals surface area contributed by atoms with Crippen molar-refractivity contribution >= 4 is 5.82 Å². The van der Waals surface area contributed by atoms with E-state index in [0.717, 1.165) is 70.5 Å². The molecule has 2 heterocycles. The highest BCUT2D eigenvalue weighted by Crippen LogP contribution is 2.42. The van der Waals surface area contributed by atoms with Gasteiger partial charge in [-0.3, -0.25) is 0 Å². The van der Waals surface area contributed by atoms with E-state index in [9.17, 15) is 0 Å². The Bertz CT molecular complexity index is 1300. The van der Waals surface area contributed by atoms with Crippen LogP contribution in [0.2, 0.25) is 0 Å². The minimum absolute atomic E-state index is 0.519. The van der Waals surface area contributed by atoms with E-state index in [4.69, 9.17) is 19.3 Å². The molecule has 180 valence electrons. The summed E-state index contributed by atoms with van der Waals surface area (Å²) in [5.41, 5.74) is 5.41. The molecule has 0 atom stereocenters. The Kier molecular flexibility index (Phi) is 6.62. The monoisotopic (exact) mass is 469 g/mol. The Balaban J connectivity index is 1.52. The maximum absolute atomic E-state index is 6.32. The molecule has 0 fully saturated rings. The van der Waals surface area contributed by atoms with Gasteiger partial charge in [0.2, 0.25) is 0 Å². The number of methoxy groups -OCH3 is 2. The molecule has 0 amide bonds. The zero-order valence-corrected chi connectivity index (χ0v) is 20.5. The van der Waals surface area contributed by atoms with Crippen LogP contribution in [0.3, 0.4) is 0 Å². The lowest BCUT2D eigenvalue weighted by Crippen LogP contribution is -2.32. The van der Waals surface area contributed by atoms with E-state index in [1.54, 1.807) is 14.2 Å². The van der Waals surface area contributed by atoms with E-state index in [0.29, 0.717) is 13.2 Å². The van der Waals surface area contributed by atoms with Crippen LogP contribution in [0.25, 0.3) is 11.1 Å². The molecule has 0 bridgehead atoms. The van der Waals surface area contributed by atoms with E-state index >= 15 is 0 Å². The van der Waals surface area contributed by atoms with Crippen LogP contribution in [-0.4, -0.2) is 30.5 Å². The van der Waals surface area contributed by atoms with Gasteiger partial charge in [-0.25, -0.2) is 4.68 Å². The summed E-state index contributed by atoms with van der Waals surface area (Å²) in [7, 11) is 3.40. The third-order valence-corrected chi connectivity index (χ3v) is 6.44. The lowest BCUT2D eigenvalue weighted by atomic mass is 10.0. The van der Waals surface area contributed by atoms with Crippen LogP contribution in [0.5, 0.6) is 17.2 Å². The Labute approximate surface area is 206 Å². The number of fused-ring (bicyclic) bond motifs is 1. The summed E-state index contributed by atoms with van der Waals surface area (Å²) < 4.78 is 19.6. The summed E-state index contributed by atoms with van der Waals surface area (Å²) in [6, 6.07) is 24.5. The fraction of sp³-hybridized carbons (Fsp3) is 0.276. The van der Waals surface area contributed by atoms with Gasteiger partial charge in [0.05, 0.1) is 25.5 Å². The quantitative estimate of drug-likeness (QED) is 0.323. The predicted octanol–water partition coefficient (Wildman–Crippen LogP) is 5.87. The van der Waals surface area contributed by atoms with E-state index in [2.05, 4.69) is 46.8 Å². The molecule has 1 aliphatic heterocycles. The van der Waals surface area contributed by atoms with Crippen LogP contribution in [0, 0.1) is 6.92 Å². The van der Waals surface area contributed by atoms with Gasteiger partial charge in [0.25, 0.3) is 0 Å². The molecular formula is C29H31N3O3. The summed E-state index contributed by atoms with van der Waals surface area (Å²) in [6.07, 6.45) is 1.03. The third-order valence-electron chi connectivity index (χ3n) is 6.44. The zero-order chi connectivity index (χ0) is 24.2. The van der Waals surface area contributed by atoms with Crippen molar-refractivity contribution in [2.45, 2.75) is 33.0 Å². The standard InChI is InChI=1S/C29H31N3O3/c1-21-28(25-12-7-8-13-27(25)35-20-22-10-5-4-6-11-22)29-31(16-9-17-32(29)30-21)19-23-18-24(33-2)14-15-26(23)34-3/h4-8,10-15,18H,9,16-17,19-20H2,1-3H3. The molecule has 1 aliphatic rings. The van der Waals surface area contributed by atoms with Crippen LogP contribution in [-0.2, 0) is 19.7 Å². The molecular weight excluding hydrogens is 438 g/mol. The maximum atomic E-state index is 6.32. The first-order chi connectivity index (χ1) is 17.2. The van der Waals surface area contributed by atoms with Gasteiger partial charge in [0.1, 0.15) is 29.7 Å². The van der Waals surface area contributed by atoms with Crippen LogP contribution >= 0.6 is 0 Å². The van der Waals surface area contributed by atoms with Crippen molar-refractivity contribution in [3.63, 3.8) is 0 Å². The molecule has 35 heavy (non-hydrogen) atoms. The summed E-state index contributed by atoms with van der Waals surface area (Å²) in [6.45, 7) is 5.13. The molecule has 6 nitrogen and oxygen atoms in total. The van der Waals surface area contributed by atoms with Gasteiger partial charge in [0, 0.05) is 30.8 Å². The number of aromatic nitrogens is 2. The van der Waals surface area contributed by atoms with Crippen molar-refractivity contribution in [3.05, 3.63) is 89.6 Å². The van der Waals surface area contributed by atoms with Crippen molar-refractivity contribution in [3.8, 4) is 28.4 Å². The largest absolute Gasteiger partial charge is 0.497 e. The predicted molar refractivity (Wildman–Crippen MR) is 138 cm³/mol. The number of hydrogen-bond acceptors (Lipinski definition) is 5. The van der Waals surface area contributed by atoms with Gasteiger partial charge in [-0.2, -0.15) is 5.10 Å². The summed E-state index contributed by atoms with van der Waals surface area (Å²) in [5.74, 6) is 3.66. The van der Waals surface area contributed by atoms with Crippen LogP contribution in [0.1, 0.15) is 23.2 Å². The topological polar surface area (TPSA) is 48.8 Å². The van der Waals surface area contributed by atoms with Crippen LogP contribution in [0.15, 0.2) is 72.8 Å². The van der Waals surface area contributed by atoms with E-state index < -0.39 is 0 Å². The molecule has 6 heteroatoms. The Morgan fingerprint density at radius 2 is 1.66 bits per heavy atom. The number of anilines is 1. The highest BCUT2D eigenvalue weighted by Gasteiger charge is 2.27. The van der Waals surface area contributed by atoms with Gasteiger partial charge in [0.15, 0.2) is 0 Å². The molecule has 5 rings (SSSR count). The van der Waals surface area contributed by atoms with E-state index in [1.807, 2.05) is 42.5 Å². The minimum Gasteiger partial charge on any atom is -0.497 e. The minimum atomic E-state index is 0.519. The van der Waals surface area contributed by atoms with Crippen molar-refractivity contribution in [1.82, 2.24) is 9.78 Å². The maximum Gasteiger partial charge on any atom is 0.135 e. The first-order valence-corrected chi connectivity index (χ1v) is 12.0. The Morgan fingerprint density at radius 1 is 0.857 bits per heavy atom. The van der Waals surface area contributed by atoms with Gasteiger partial charge in [-0.15, -0.1) is 0 Å². The molecule has 0 unspecified atom stereocenters. The molecule has 0 spiro atoms. The first-order valence-electron chi connectivity index (χ1n) is 12.0. The molecule has 1 aromatic heterocycles. The summed E-state index contributed by atoms with van der Waals surface area (Å²) >= 11 is 0. The van der Waals surface area contributed by atoms with Gasteiger partial charge >= 0.3 is 0 Å². The third kappa shape index (κ3) is 4.69. The summed E-state index contributed by atoms with van der Waals surface area (Å²) in [4.78, 5) is 2.39. The number of aryl methyl sites for hydroxylation is 2. The highest BCUT2D eigenvalue weighted by atomic mass is 16.5. The highest BCUT2D eigenvalue weighted by molar-refractivity contribution is 5.83. The fourth-order valence-electron chi connectivity index (χ4n) is 4.78. The smallest absolute Gasteiger partial charge is 0.135 e. The lowest BCUT2D eigenvalue weighted by molar-refractivity contribution is 0.307. The second-order valence-electron chi connectivity index (χ2n) is 8.73. The molecule has 0 saturated heterocycles.